The van der Waals surface area contributed by atoms with Gasteiger partial charge in [0.2, 0.25) is 5.91 Å². The number of carbonyl (C=O) groups is 2. The lowest BCUT2D eigenvalue weighted by Crippen LogP contribution is -2.28. The topological polar surface area (TPSA) is 115 Å². The van der Waals surface area contributed by atoms with Gasteiger partial charge in [-0.05, 0) is 60.5 Å². The van der Waals surface area contributed by atoms with Gasteiger partial charge in [0.05, 0.1) is 48.3 Å². The molecule has 42 heavy (non-hydrogen) atoms. The predicted molar refractivity (Wildman–Crippen MR) is 163 cm³/mol. The van der Waals surface area contributed by atoms with Crippen LogP contribution in [0.2, 0.25) is 0 Å². The van der Waals surface area contributed by atoms with E-state index in [1.165, 1.54) is 11.8 Å². The van der Waals surface area contributed by atoms with Gasteiger partial charge >= 0.3 is 0 Å². The summed E-state index contributed by atoms with van der Waals surface area (Å²) in [5.74, 6) is 0.774. The van der Waals surface area contributed by atoms with Gasteiger partial charge < -0.3 is 19.8 Å². The molecule has 5 aromatic rings. The zero-order chi connectivity index (χ0) is 29.5. The first kappa shape index (κ1) is 28.7. The number of ether oxygens (including phenoxy) is 1. The van der Waals surface area contributed by atoms with Crippen LogP contribution < -0.4 is 20.9 Å². The first-order chi connectivity index (χ1) is 20.5. The number of aromatic nitrogens is 2. The van der Waals surface area contributed by atoms with Crippen LogP contribution in [0.25, 0.3) is 10.9 Å². The molecule has 9 nitrogen and oxygen atoms in total. The normalized spacial score (nSPS) is 11.7. The van der Waals surface area contributed by atoms with Crippen LogP contribution in [0.1, 0.15) is 35.0 Å². The molecule has 2 amide bonds. The molecule has 1 atom stereocenters. The van der Waals surface area contributed by atoms with E-state index in [0.29, 0.717) is 45.2 Å². The number of thioether (sulfide) groups is 1. The molecule has 214 valence electrons. The van der Waals surface area contributed by atoms with Crippen LogP contribution in [0.3, 0.4) is 0 Å². The highest BCUT2D eigenvalue weighted by atomic mass is 32.2. The Morgan fingerprint density at radius 3 is 2.50 bits per heavy atom. The lowest BCUT2D eigenvalue weighted by molar-refractivity contribution is -0.115. The van der Waals surface area contributed by atoms with Crippen molar-refractivity contribution in [1.29, 1.82) is 0 Å². The number of nitrogens with one attached hydrogen (secondary N) is 2. The molecule has 2 heterocycles. The third-order valence-electron chi connectivity index (χ3n) is 6.66. The Balaban J connectivity index is 1.39. The number of rotatable bonds is 11. The summed E-state index contributed by atoms with van der Waals surface area (Å²) in [5, 5.41) is 6.17. The van der Waals surface area contributed by atoms with Crippen molar-refractivity contribution in [3.05, 3.63) is 118 Å². The number of hydrogen-bond acceptors (Lipinski definition) is 7. The molecule has 0 saturated heterocycles. The Kier molecular flexibility index (Phi) is 9.03. The van der Waals surface area contributed by atoms with Crippen molar-refractivity contribution < 1.29 is 18.7 Å². The maximum Gasteiger partial charge on any atom is 0.262 e. The summed E-state index contributed by atoms with van der Waals surface area (Å²) in [5.41, 5.74) is 2.22. The number of furan rings is 1. The summed E-state index contributed by atoms with van der Waals surface area (Å²) in [6.07, 6.45) is 2.07. The number of fused-ring (bicyclic) bond motifs is 1. The lowest BCUT2D eigenvalue weighted by atomic mass is 10.1. The average Bonchev–Trinajstić information content (AvgIpc) is 3.55. The van der Waals surface area contributed by atoms with E-state index in [-0.39, 0.29) is 30.5 Å². The smallest absolute Gasteiger partial charge is 0.262 e. The third kappa shape index (κ3) is 6.55. The molecule has 0 fully saturated rings. The summed E-state index contributed by atoms with van der Waals surface area (Å²) in [6.45, 7) is 2.42. The van der Waals surface area contributed by atoms with Gasteiger partial charge in [0, 0.05) is 5.56 Å². The van der Waals surface area contributed by atoms with Crippen LogP contribution in [0, 0.1) is 0 Å². The zero-order valence-corrected chi connectivity index (χ0v) is 24.0. The first-order valence-electron chi connectivity index (χ1n) is 13.5. The molecule has 2 N–H and O–H groups in total. The lowest BCUT2D eigenvalue weighted by Gasteiger charge is -2.19. The molecule has 10 heteroatoms. The largest absolute Gasteiger partial charge is 0.495 e. The fourth-order valence-corrected chi connectivity index (χ4v) is 5.43. The number of amides is 2. The first-order valence-corrected chi connectivity index (χ1v) is 14.3. The van der Waals surface area contributed by atoms with Gasteiger partial charge in [0.15, 0.2) is 5.16 Å². The van der Waals surface area contributed by atoms with Crippen LogP contribution in [-0.4, -0.2) is 33.7 Å². The van der Waals surface area contributed by atoms with Gasteiger partial charge in [0.1, 0.15) is 11.5 Å². The Morgan fingerprint density at radius 2 is 1.76 bits per heavy atom. The Hall–Kier alpha value is -4.83. The molecule has 0 radical (unpaired) electrons. The predicted octanol–water partition coefficient (Wildman–Crippen LogP) is 5.49. The summed E-state index contributed by atoms with van der Waals surface area (Å²) >= 11 is 1.24. The molecule has 3 aromatic carbocycles. The molecule has 0 saturated carbocycles. The summed E-state index contributed by atoms with van der Waals surface area (Å²) in [4.78, 5) is 44.4. The molecule has 0 spiro atoms. The van der Waals surface area contributed by atoms with Crippen LogP contribution in [-0.2, 0) is 17.9 Å². The highest BCUT2D eigenvalue weighted by molar-refractivity contribution is 8.00. The number of para-hydroxylation sites is 3. The van der Waals surface area contributed by atoms with Crippen molar-refractivity contribution in [2.45, 2.75) is 36.8 Å². The van der Waals surface area contributed by atoms with Crippen molar-refractivity contribution in [2.75, 3.05) is 12.4 Å². The molecule has 2 aromatic heterocycles. The van der Waals surface area contributed by atoms with Crippen molar-refractivity contribution in [2.24, 2.45) is 0 Å². The SMILES string of the molecule is CC[C@@H](Sc1nc2ccccc2c(=O)n1Cc1ccc(C(=O)NCc2ccco2)cc1)C(=O)Nc1ccccc1OC. The number of hydrogen-bond donors (Lipinski definition) is 2. The maximum absolute atomic E-state index is 13.7. The van der Waals surface area contributed by atoms with Gasteiger partial charge in [-0.1, -0.05) is 55.1 Å². The van der Waals surface area contributed by atoms with E-state index in [4.69, 9.17) is 14.1 Å². The van der Waals surface area contributed by atoms with Gasteiger partial charge in [-0.2, -0.15) is 0 Å². The molecule has 0 bridgehead atoms. The number of benzene rings is 3. The van der Waals surface area contributed by atoms with E-state index >= 15 is 0 Å². The van der Waals surface area contributed by atoms with E-state index in [9.17, 15) is 14.4 Å². The van der Waals surface area contributed by atoms with Crippen LogP contribution in [0.4, 0.5) is 5.69 Å². The number of carbonyl (C=O) groups excluding carboxylic acids is 2. The quantitative estimate of drug-likeness (QED) is 0.156. The van der Waals surface area contributed by atoms with Crippen molar-refractivity contribution in [3.8, 4) is 5.75 Å². The fourth-order valence-electron chi connectivity index (χ4n) is 4.41. The standard InChI is InChI=1S/C32H30N4O5S/c1-3-28(30(38)34-26-12-6-7-13-27(26)40-2)42-32-35-25-11-5-4-10-24(25)31(39)36(32)20-21-14-16-22(17-15-21)29(37)33-19-23-9-8-18-41-23/h4-18,28H,3,19-20H2,1-2H3,(H,33,37)(H,34,38)/t28-/m1/s1. The molecule has 0 aliphatic carbocycles. The molecule has 0 unspecified atom stereocenters. The molecular weight excluding hydrogens is 552 g/mol. The second kappa shape index (κ2) is 13.2. The van der Waals surface area contributed by atoms with E-state index < -0.39 is 5.25 Å². The second-order valence-corrected chi connectivity index (χ2v) is 10.6. The minimum absolute atomic E-state index is 0.205. The molecule has 5 rings (SSSR count). The average molecular weight is 583 g/mol. The van der Waals surface area contributed by atoms with Crippen molar-refractivity contribution >= 4 is 40.2 Å². The van der Waals surface area contributed by atoms with Crippen LogP contribution in [0.15, 0.2) is 106 Å². The Bertz CT molecular complexity index is 1750. The van der Waals surface area contributed by atoms with E-state index in [1.807, 2.05) is 37.3 Å². The minimum Gasteiger partial charge on any atom is -0.495 e. The summed E-state index contributed by atoms with van der Waals surface area (Å²) in [7, 11) is 1.55. The molecular formula is C32H30N4O5S. The Morgan fingerprint density at radius 1 is 1.00 bits per heavy atom. The zero-order valence-electron chi connectivity index (χ0n) is 23.2. The number of anilines is 1. The highest BCUT2D eigenvalue weighted by Crippen LogP contribution is 2.29. The third-order valence-corrected chi connectivity index (χ3v) is 8.02. The Labute approximate surface area is 246 Å². The summed E-state index contributed by atoms with van der Waals surface area (Å²) < 4.78 is 12.2. The van der Waals surface area contributed by atoms with E-state index in [1.54, 1.807) is 72.5 Å². The van der Waals surface area contributed by atoms with E-state index in [0.717, 1.165) is 5.56 Å². The second-order valence-electron chi connectivity index (χ2n) is 9.47. The van der Waals surface area contributed by atoms with Gasteiger partial charge in [-0.3, -0.25) is 19.0 Å². The van der Waals surface area contributed by atoms with Crippen LogP contribution >= 0.6 is 11.8 Å². The molecule has 0 aliphatic heterocycles. The van der Waals surface area contributed by atoms with Crippen LogP contribution in [0.5, 0.6) is 5.75 Å². The van der Waals surface area contributed by atoms with Crippen molar-refractivity contribution in [3.63, 3.8) is 0 Å². The fraction of sp³-hybridized carbons (Fsp3) is 0.188. The van der Waals surface area contributed by atoms with Gasteiger partial charge in [-0.15, -0.1) is 0 Å². The van der Waals surface area contributed by atoms with E-state index in [2.05, 4.69) is 10.6 Å². The highest BCUT2D eigenvalue weighted by Gasteiger charge is 2.23. The van der Waals surface area contributed by atoms with Gasteiger partial charge in [-0.25, -0.2) is 4.98 Å². The van der Waals surface area contributed by atoms with Gasteiger partial charge in [0.25, 0.3) is 11.5 Å². The van der Waals surface area contributed by atoms with Crippen molar-refractivity contribution in [1.82, 2.24) is 14.9 Å². The summed E-state index contributed by atoms with van der Waals surface area (Å²) in [6, 6.07) is 25.0. The number of methoxy groups -OCH3 is 1. The minimum atomic E-state index is -0.519. The number of nitrogens with zero attached hydrogens (tertiary/aromatic N) is 2. The maximum atomic E-state index is 13.7. The molecule has 0 aliphatic rings. The monoisotopic (exact) mass is 582 g/mol.